The summed E-state index contributed by atoms with van der Waals surface area (Å²) in [7, 11) is 6.43. The minimum Gasteiger partial charge on any atom is -0.496 e. The Morgan fingerprint density at radius 2 is 1.36 bits per heavy atom. The van der Waals surface area contributed by atoms with Gasteiger partial charge in [-0.25, -0.2) is 9.78 Å². The Kier molecular flexibility index (Phi) is 8.38. The number of aromatic nitrogens is 1. The zero-order valence-electron chi connectivity index (χ0n) is 23.7. The highest BCUT2D eigenvalue weighted by Gasteiger charge is 2.26. The number of pyridine rings is 1. The number of benzene rings is 2. The molecule has 1 saturated heterocycles. The molecule has 4 rings (SSSR count). The average molecular weight is 536 g/mol. The molecule has 1 aliphatic heterocycles. The Bertz CT molecular complexity index is 1300. The maximum atomic E-state index is 12.4. The molecule has 0 saturated carbocycles. The van der Waals surface area contributed by atoms with Gasteiger partial charge in [0.25, 0.3) is 0 Å². The van der Waals surface area contributed by atoms with Crippen molar-refractivity contribution in [1.82, 2.24) is 9.88 Å². The fourth-order valence-electron chi connectivity index (χ4n) is 4.55. The Hall–Kier alpha value is -4.14. The van der Waals surface area contributed by atoms with Gasteiger partial charge in [0.2, 0.25) is 5.88 Å². The molecule has 3 aromatic rings. The first-order valence-electron chi connectivity index (χ1n) is 12.8. The van der Waals surface area contributed by atoms with Gasteiger partial charge in [-0.3, -0.25) is 0 Å². The Morgan fingerprint density at radius 3 is 1.92 bits per heavy atom. The highest BCUT2D eigenvalue weighted by Crippen LogP contribution is 2.42. The topological polar surface area (TPSA) is 82.6 Å². The summed E-state index contributed by atoms with van der Waals surface area (Å²) in [6.07, 6.45) is 1.49. The van der Waals surface area contributed by atoms with Crippen LogP contribution in [0.25, 0.3) is 22.3 Å². The Balaban J connectivity index is 1.56. The molecule has 2 aromatic carbocycles. The maximum Gasteiger partial charge on any atom is 0.410 e. The SMILES string of the molecule is COc1cc(OC)c(-c2cnc(OC)c(-c3ccc(N4CCN(C(=O)OC(C)(C)C)CC4)cc3)c2)cc1OC. The van der Waals surface area contributed by atoms with E-state index >= 15 is 0 Å². The smallest absolute Gasteiger partial charge is 0.410 e. The van der Waals surface area contributed by atoms with Crippen molar-refractivity contribution in [3.05, 3.63) is 48.7 Å². The van der Waals surface area contributed by atoms with Crippen LogP contribution in [-0.4, -0.2) is 76.2 Å². The molecular weight excluding hydrogens is 498 g/mol. The highest BCUT2D eigenvalue weighted by molar-refractivity contribution is 5.80. The Labute approximate surface area is 230 Å². The molecule has 0 radical (unpaired) electrons. The van der Waals surface area contributed by atoms with Crippen molar-refractivity contribution in [3.63, 3.8) is 0 Å². The molecular formula is C30H37N3O6. The van der Waals surface area contributed by atoms with Gasteiger partial charge in [-0.05, 0) is 50.6 Å². The first-order chi connectivity index (χ1) is 18.7. The quantitative estimate of drug-likeness (QED) is 0.392. The van der Waals surface area contributed by atoms with Crippen molar-refractivity contribution in [2.75, 3.05) is 59.5 Å². The number of piperazine rings is 1. The molecule has 1 fully saturated rings. The summed E-state index contributed by atoms with van der Waals surface area (Å²) in [4.78, 5) is 21.0. The van der Waals surface area contributed by atoms with Crippen molar-refractivity contribution in [3.8, 4) is 45.4 Å². The van der Waals surface area contributed by atoms with E-state index < -0.39 is 5.60 Å². The molecule has 0 N–H and O–H groups in total. The van der Waals surface area contributed by atoms with Gasteiger partial charge < -0.3 is 33.5 Å². The number of methoxy groups -OCH3 is 4. The van der Waals surface area contributed by atoms with Gasteiger partial charge in [-0.15, -0.1) is 0 Å². The summed E-state index contributed by atoms with van der Waals surface area (Å²) in [6.45, 7) is 8.34. The van der Waals surface area contributed by atoms with Crippen LogP contribution >= 0.6 is 0 Å². The van der Waals surface area contributed by atoms with Gasteiger partial charge in [0.1, 0.15) is 11.4 Å². The van der Waals surface area contributed by atoms with Crippen LogP contribution in [0.1, 0.15) is 20.8 Å². The van der Waals surface area contributed by atoms with E-state index in [1.54, 1.807) is 45.6 Å². The Morgan fingerprint density at radius 1 is 0.744 bits per heavy atom. The number of nitrogens with zero attached hydrogens (tertiary/aromatic N) is 3. The summed E-state index contributed by atoms with van der Waals surface area (Å²) in [5, 5.41) is 0. The number of anilines is 1. The maximum absolute atomic E-state index is 12.4. The lowest BCUT2D eigenvalue weighted by atomic mass is 10.00. The summed E-state index contributed by atoms with van der Waals surface area (Å²) in [5.41, 5.74) is 4.09. The number of amides is 1. The second-order valence-corrected chi connectivity index (χ2v) is 10.2. The van der Waals surface area contributed by atoms with Gasteiger partial charge in [-0.1, -0.05) is 12.1 Å². The standard InChI is InChI=1S/C30H37N3O6/c1-30(2,3)39-29(34)33-14-12-32(13-15-33)22-10-8-20(9-11-22)24-16-21(19-31-28(24)38-7)23-17-26(36-5)27(37-6)18-25(23)35-4/h8-11,16-19H,12-15H2,1-7H3. The number of ether oxygens (including phenoxy) is 5. The van der Waals surface area contributed by atoms with Gasteiger partial charge >= 0.3 is 6.09 Å². The van der Waals surface area contributed by atoms with Gasteiger partial charge in [-0.2, -0.15) is 0 Å². The molecule has 1 aliphatic rings. The van der Waals surface area contributed by atoms with E-state index in [1.807, 2.05) is 32.9 Å². The number of hydrogen-bond donors (Lipinski definition) is 0. The third-order valence-corrected chi connectivity index (χ3v) is 6.54. The summed E-state index contributed by atoms with van der Waals surface area (Å²) >= 11 is 0. The summed E-state index contributed by atoms with van der Waals surface area (Å²) < 4.78 is 27.7. The van der Waals surface area contributed by atoms with E-state index in [1.165, 1.54) is 0 Å². The molecule has 0 spiro atoms. The molecule has 2 heterocycles. The van der Waals surface area contributed by atoms with Crippen LogP contribution in [0.4, 0.5) is 10.5 Å². The third kappa shape index (κ3) is 6.30. The van der Waals surface area contributed by atoms with E-state index in [2.05, 4.69) is 34.1 Å². The van der Waals surface area contributed by atoms with Crippen molar-refractivity contribution >= 4 is 11.8 Å². The van der Waals surface area contributed by atoms with E-state index in [4.69, 9.17) is 23.7 Å². The van der Waals surface area contributed by atoms with E-state index in [0.717, 1.165) is 41.0 Å². The summed E-state index contributed by atoms with van der Waals surface area (Å²) in [6, 6.07) is 14.0. The van der Waals surface area contributed by atoms with Gasteiger partial charge in [0.15, 0.2) is 11.5 Å². The minimum absolute atomic E-state index is 0.261. The molecule has 0 bridgehead atoms. The van der Waals surface area contributed by atoms with Gasteiger partial charge in [0.05, 0.1) is 28.4 Å². The fraction of sp³-hybridized carbons (Fsp3) is 0.400. The number of rotatable bonds is 7. The second kappa shape index (κ2) is 11.7. The lowest BCUT2D eigenvalue weighted by Crippen LogP contribution is -2.50. The predicted octanol–water partition coefficient (Wildman–Crippen LogP) is 5.51. The molecule has 1 aromatic heterocycles. The molecule has 0 aliphatic carbocycles. The van der Waals surface area contributed by atoms with Crippen molar-refractivity contribution in [2.24, 2.45) is 0 Å². The lowest BCUT2D eigenvalue weighted by molar-refractivity contribution is 0.0240. The normalized spacial score (nSPS) is 13.6. The lowest BCUT2D eigenvalue weighted by Gasteiger charge is -2.36. The summed E-state index contributed by atoms with van der Waals surface area (Å²) in [5.74, 6) is 2.35. The molecule has 208 valence electrons. The second-order valence-electron chi connectivity index (χ2n) is 10.2. The number of carbonyl (C=O) groups excluding carboxylic acids is 1. The largest absolute Gasteiger partial charge is 0.496 e. The minimum atomic E-state index is -0.498. The first-order valence-corrected chi connectivity index (χ1v) is 12.8. The number of carbonyl (C=O) groups is 1. The van der Waals surface area contributed by atoms with Gasteiger partial charge in [0, 0.05) is 60.8 Å². The van der Waals surface area contributed by atoms with Crippen LogP contribution in [0.2, 0.25) is 0 Å². The van der Waals surface area contributed by atoms with Crippen molar-refractivity contribution in [1.29, 1.82) is 0 Å². The molecule has 9 heteroatoms. The van der Waals surface area contributed by atoms with Crippen LogP contribution in [0.3, 0.4) is 0 Å². The van der Waals surface area contributed by atoms with Crippen LogP contribution in [0, 0.1) is 0 Å². The molecule has 39 heavy (non-hydrogen) atoms. The van der Waals surface area contributed by atoms with Crippen molar-refractivity contribution < 1.29 is 28.5 Å². The van der Waals surface area contributed by atoms with Crippen LogP contribution in [0.15, 0.2) is 48.7 Å². The molecule has 1 amide bonds. The van der Waals surface area contributed by atoms with Crippen LogP contribution in [0.5, 0.6) is 23.1 Å². The molecule has 0 unspecified atom stereocenters. The molecule has 9 nitrogen and oxygen atoms in total. The fourth-order valence-corrected chi connectivity index (χ4v) is 4.55. The van der Waals surface area contributed by atoms with Crippen LogP contribution in [-0.2, 0) is 4.74 Å². The monoisotopic (exact) mass is 535 g/mol. The zero-order chi connectivity index (χ0) is 28.2. The van der Waals surface area contributed by atoms with Crippen molar-refractivity contribution in [2.45, 2.75) is 26.4 Å². The predicted molar refractivity (Wildman–Crippen MR) is 151 cm³/mol. The third-order valence-electron chi connectivity index (χ3n) is 6.54. The first kappa shape index (κ1) is 27.9. The van der Waals surface area contributed by atoms with E-state index in [0.29, 0.717) is 36.2 Å². The van der Waals surface area contributed by atoms with E-state index in [9.17, 15) is 4.79 Å². The molecule has 0 atom stereocenters. The highest BCUT2D eigenvalue weighted by atomic mass is 16.6. The average Bonchev–Trinajstić information content (AvgIpc) is 2.95. The zero-order valence-corrected chi connectivity index (χ0v) is 23.7. The number of hydrogen-bond acceptors (Lipinski definition) is 8. The van der Waals surface area contributed by atoms with Crippen LogP contribution < -0.4 is 23.8 Å². The van der Waals surface area contributed by atoms with E-state index in [-0.39, 0.29) is 6.09 Å².